The smallest absolute Gasteiger partial charge is 0.268 e. The summed E-state index contributed by atoms with van der Waals surface area (Å²) in [5.41, 5.74) is -4.49. The van der Waals surface area contributed by atoms with Crippen molar-refractivity contribution in [3.63, 3.8) is 0 Å². The summed E-state index contributed by atoms with van der Waals surface area (Å²) in [4.78, 5) is 11.4. The van der Waals surface area contributed by atoms with Gasteiger partial charge in [-0.05, 0) is 18.2 Å². The first-order chi connectivity index (χ1) is 9.20. The molecule has 0 fully saturated rings. The monoisotopic (exact) mass is 335 g/mol. The molecule has 0 radical (unpaired) electrons. The molecule has 0 aliphatic carbocycles. The molecule has 0 aromatic heterocycles. The molecule has 0 heterocycles. The second kappa shape index (κ2) is 5.20. The van der Waals surface area contributed by atoms with E-state index >= 15 is 0 Å². The maximum absolute atomic E-state index is 12.5. The largest absolute Gasteiger partial charge is 0.416 e. The Kier molecular flexibility index (Phi) is 4.28. The predicted molar refractivity (Wildman–Crippen MR) is 58.8 cm³/mol. The first-order valence-electron chi connectivity index (χ1n) is 5.02. The lowest BCUT2D eigenvalue weighted by atomic mass is 10.0. The van der Waals surface area contributed by atoms with Crippen molar-refractivity contribution in [1.82, 2.24) is 4.72 Å². The minimum atomic E-state index is -5.12. The van der Waals surface area contributed by atoms with Crippen LogP contribution >= 0.6 is 0 Å². The van der Waals surface area contributed by atoms with E-state index in [1.807, 2.05) is 0 Å². The molecule has 0 saturated carbocycles. The molecule has 118 valence electrons. The lowest BCUT2D eigenvalue weighted by Gasteiger charge is -2.13. The molecule has 0 aliphatic heterocycles. The molecule has 1 N–H and O–H groups in total. The second-order valence-electron chi connectivity index (χ2n) is 4.00. The highest BCUT2D eigenvalue weighted by Gasteiger charge is 2.37. The van der Waals surface area contributed by atoms with Crippen LogP contribution in [0, 0.1) is 0 Å². The van der Waals surface area contributed by atoms with Crippen LogP contribution in [0.3, 0.4) is 0 Å². The summed E-state index contributed by atoms with van der Waals surface area (Å²) < 4.78 is 98.0. The summed E-state index contributed by atoms with van der Waals surface area (Å²) in [5, 5.41) is 0. The molecule has 0 aliphatic rings. The van der Waals surface area contributed by atoms with Crippen molar-refractivity contribution >= 4 is 15.9 Å². The van der Waals surface area contributed by atoms with Gasteiger partial charge in [0.05, 0.1) is 17.4 Å². The van der Waals surface area contributed by atoms with Gasteiger partial charge in [0.15, 0.2) is 0 Å². The summed E-state index contributed by atoms with van der Waals surface area (Å²) in [6.07, 6.45) is -9.72. The van der Waals surface area contributed by atoms with Crippen LogP contribution in [-0.4, -0.2) is 20.6 Å². The van der Waals surface area contributed by atoms with Crippen LogP contribution in [0.4, 0.5) is 26.3 Å². The zero-order chi connectivity index (χ0) is 16.6. The normalized spacial score (nSPS) is 13.1. The molecular weight excluding hydrogens is 328 g/mol. The molecule has 1 aromatic rings. The zero-order valence-electron chi connectivity index (χ0n) is 10.1. The number of nitrogens with one attached hydrogen (secondary N) is 1. The van der Waals surface area contributed by atoms with Crippen molar-refractivity contribution in [2.45, 2.75) is 12.4 Å². The maximum Gasteiger partial charge on any atom is 0.416 e. The highest BCUT2D eigenvalue weighted by molar-refractivity contribution is 7.89. The molecule has 11 heteroatoms. The van der Waals surface area contributed by atoms with Crippen molar-refractivity contribution < 1.29 is 39.6 Å². The zero-order valence-corrected chi connectivity index (χ0v) is 10.9. The van der Waals surface area contributed by atoms with E-state index in [-0.39, 0.29) is 18.2 Å². The Labute approximate surface area is 114 Å². The van der Waals surface area contributed by atoms with Crippen LogP contribution in [0.2, 0.25) is 0 Å². The van der Waals surface area contributed by atoms with E-state index in [9.17, 15) is 39.6 Å². The minimum Gasteiger partial charge on any atom is -0.268 e. The number of alkyl halides is 6. The average molecular weight is 335 g/mol. The molecular formula is C10H7F6NO3S. The molecule has 1 amide bonds. The van der Waals surface area contributed by atoms with Crippen molar-refractivity contribution in [3.8, 4) is 0 Å². The third kappa shape index (κ3) is 4.92. The molecule has 1 rings (SSSR count). The van der Waals surface area contributed by atoms with Gasteiger partial charge in [-0.3, -0.25) is 4.79 Å². The molecule has 0 saturated heterocycles. The van der Waals surface area contributed by atoms with Crippen molar-refractivity contribution in [1.29, 1.82) is 0 Å². The van der Waals surface area contributed by atoms with E-state index in [1.165, 1.54) is 4.72 Å². The van der Waals surface area contributed by atoms with Crippen LogP contribution in [0.5, 0.6) is 0 Å². The fourth-order valence-electron chi connectivity index (χ4n) is 1.31. The predicted octanol–water partition coefficient (Wildman–Crippen LogP) is 2.41. The number of carbonyl (C=O) groups excluding carboxylic acids is 1. The second-order valence-corrected chi connectivity index (χ2v) is 5.75. The third-order valence-corrected chi connectivity index (χ3v) is 2.68. The SMILES string of the molecule is CS(=O)(=O)NC(=O)c1cc(C(F)(F)F)cc(C(F)(F)F)c1. The third-order valence-electron chi connectivity index (χ3n) is 2.13. The number of benzene rings is 1. The van der Waals surface area contributed by atoms with Gasteiger partial charge < -0.3 is 0 Å². The first-order valence-corrected chi connectivity index (χ1v) is 6.91. The maximum atomic E-state index is 12.5. The van der Waals surface area contributed by atoms with Crippen molar-refractivity contribution in [3.05, 3.63) is 34.9 Å². The molecule has 4 nitrogen and oxygen atoms in total. The number of sulfonamides is 1. The summed E-state index contributed by atoms with van der Waals surface area (Å²) >= 11 is 0. The average Bonchev–Trinajstić information content (AvgIpc) is 2.23. The Morgan fingerprint density at radius 2 is 1.33 bits per heavy atom. The van der Waals surface area contributed by atoms with E-state index < -0.39 is 45.0 Å². The number of carbonyl (C=O) groups is 1. The Hall–Kier alpha value is -1.78. The molecule has 0 unspecified atom stereocenters. The fourth-order valence-corrected chi connectivity index (χ4v) is 1.77. The van der Waals surface area contributed by atoms with Crippen molar-refractivity contribution in [2.24, 2.45) is 0 Å². The number of hydrogen-bond acceptors (Lipinski definition) is 3. The van der Waals surface area contributed by atoms with Crippen LogP contribution in [-0.2, 0) is 22.4 Å². The lowest BCUT2D eigenvalue weighted by Crippen LogP contribution is -2.30. The fraction of sp³-hybridized carbons (Fsp3) is 0.300. The Bertz CT molecular complexity index is 630. The van der Waals surface area contributed by atoms with Gasteiger partial charge in [-0.2, -0.15) is 26.3 Å². The highest BCUT2D eigenvalue weighted by Crippen LogP contribution is 2.36. The Morgan fingerprint density at radius 3 is 1.62 bits per heavy atom. The van der Waals surface area contributed by atoms with Gasteiger partial charge >= 0.3 is 12.4 Å². The minimum absolute atomic E-state index is 0.135. The Balaban J connectivity index is 3.42. The van der Waals surface area contributed by atoms with Gasteiger partial charge in [0.25, 0.3) is 5.91 Å². The number of rotatable bonds is 2. The van der Waals surface area contributed by atoms with E-state index in [0.717, 1.165) is 0 Å². The van der Waals surface area contributed by atoms with Gasteiger partial charge in [0.2, 0.25) is 10.0 Å². The topological polar surface area (TPSA) is 63.2 Å². The molecule has 0 bridgehead atoms. The number of amides is 1. The quantitative estimate of drug-likeness (QED) is 0.844. The summed E-state index contributed by atoms with van der Waals surface area (Å²) in [6, 6.07) is 0.0999. The van der Waals surface area contributed by atoms with Gasteiger partial charge in [-0.1, -0.05) is 0 Å². The molecule has 0 spiro atoms. The van der Waals surface area contributed by atoms with Crippen LogP contribution in [0.1, 0.15) is 21.5 Å². The van der Waals surface area contributed by atoms with Crippen molar-refractivity contribution in [2.75, 3.05) is 6.26 Å². The molecule has 21 heavy (non-hydrogen) atoms. The van der Waals surface area contributed by atoms with E-state index in [4.69, 9.17) is 0 Å². The number of hydrogen-bond donors (Lipinski definition) is 1. The standard InChI is InChI=1S/C10H7F6NO3S/c1-21(19,20)17-8(18)5-2-6(9(11,12)13)4-7(3-5)10(14,15)16/h2-4H,1H3,(H,17,18). The van der Waals surface area contributed by atoms with Crippen LogP contribution in [0.25, 0.3) is 0 Å². The summed E-state index contributed by atoms with van der Waals surface area (Å²) in [7, 11) is -4.13. The summed E-state index contributed by atoms with van der Waals surface area (Å²) in [6.45, 7) is 0. The van der Waals surface area contributed by atoms with Gasteiger partial charge in [0, 0.05) is 5.56 Å². The summed E-state index contributed by atoms with van der Waals surface area (Å²) in [5.74, 6) is -1.59. The molecule has 0 atom stereocenters. The number of halogens is 6. The van der Waals surface area contributed by atoms with E-state index in [2.05, 4.69) is 0 Å². The molecule has 1 aromatic carbocycles. The van der Waals surface area contributed by atoms with Crippen LogP contribution in [0.15, 0.2) is 18.2 Å². The van der Waals surface area contributed by atoms with Gasteiger partial charge in [0.1, 0.15) is 0 Å². The lowest BCUT2D eigenvalue weighted by molar-refractivity contribution is -0.143. The Morgan fingerprint density at radius 1 is 0.952 bits per heavy atom. The first kappa shape index (κ1) is 17.3. The van der Waals surface area contributed by atoms with E-state index in [0.29, 0.717) is 6.26 Å². The van der Waals surface area contributed by atoms with Gasteiger partial charge in [-0.15, -0.1) is 0 Å². The van der Waals surface area contributed by atoms with Crippen LogP contribution < -0.4 is 4.72 Å². The van der Waals surface area contributed by atoms with E-state index in [1.54, 1.807) is 0 Å². The highest BCUT2D eigenvalue weighted by atomic mass is 32.2. The van der Waals surface area contributed by atoms with Gasteiger partial charge in [-0.25, -0.2) is 13.1 Å².